The van der Waals surface area contributed by atoms with Crippen LogP contribution in [0.4, 0.5) is 0 Å². The molecule has 0 radical (unpaired) electrons. The Morgan fingerprint density at radius 1 is 0.391 bits per heavy atom. The van der Waals surface area contributed by atoms with Crippen LogP contribution in [0.25, 0.3) is 45.0 Å². The van der Waals surface area contributed by atoms with Crippen LogP contribution in [0.1, 0.15) is 37.0 Å². The number of carboxylic acids is 1. The van der Waals surface area contributed by atoms with Crippen molar-refractivity contribution in [2.75, 3.05) is 7.11 Å². The van der Waals surface area contributed by atoms with Crippen LogP contribution in [-0.4, -0.2) is 96.9 Å². The summed E-state index contributed by atoms with van der Waals surface area (Å²) in [7, 11) is -0.123. The Hall–Kier alpha value is -8.37. The quantitative estimate of drug-likeness (QED) is 0.0498. The number of esters is 1. The second-order valence-corrected chi connectivity index (χ2v) is 20.5. The van der Waals surface area contributed by atoms with Crippen molar-refractivity contribution in [2.45, 2.75) is 6.42 Å². The van der Waals surface area contributed by atoms with Crippen molar-refractivity contribution < 1.29 is 34.3 Å². The molecule has 87 heavy (non-hydrogen) atoms. The molecule has 0 saturated heterocycles. The highest BCUT2D eigenvalue weighted by molar-refractivity contribution is 6.59. The number of carbonyl (C=O) groups is 3. The number of halogens is 8. The van der Waals surface area contributed by atoms with Gasteiger partial charge in [0.05, 0.1) is 29.9 Å². The SMILES string of the molecule is COC(=O)c1cc(-c2cccc(Cl)c2)ncn1.Clc1cc(Cl)ncn1.Clc1cccc(-c2cc(Cl)ncn2)c1.O=C(Cc1ccccc1)c1cc(-c2cccc(Cl)c2)ncn1.O=C(O)c1cc(-c2cccc(Cl)c2)ncn1.OB(O)c1cccc(Cl)c1. The van der Waals surface area contributed by atoms with Crippen LogP contribution in [-0.2, 0) is 11.2 Å². The first kappa shape index (κ1) is 67.8. The number of carboxylic acid groups (broad SMARTS) is 1. The van der Waals surface area contributed by atoms with E-state index in [1.165, 1.54) is 56.9 Å². The smallest absolute Gasteiger partial charge is 0.477 e. The van der Waals surface area contributed by atoms with Crippen LogP contribution in [0.15, 0.2) is 214 Å². The average molecular weight is 1320 g/mol. The van der Waals surface area contributed by atoms with E-state index in [9.17, 15) is 14.4 Å². The third-order valence-electron chi connectivity index (χ3n) is 11.0. The molecule has 5 heterocycles. The Labute approximate surface area is 538 Å². The van der Waals surface area contributed by atoms with E-state index in [1.54, 1.807) is 78.9 Å². The third kappa shape index (κ3) is 23.4. The highest BCUT2D eigenvalue weighted by Gasteiger charge is 2.13. The fraction of sp³-hybridized carbons (Fsp3) is 0.0328. The van der Waals surface area contributed by atoms with Gasteiger partial charge in [-0.15, -0.1) is 0 Å². The molecule has 0 spiro atoms. The molecular formula is C61H43BCl8N10O7. The minimum absolute atomic E-state index is 0.0307. The lowest BCUT2D eigenvalue weighted by molar-refractivity contribution is 0.0592. The van der Waals surface area contributed by atoms with E-state index >= 15 is 0 Å². The average Bonchev–Trinajstić information content (AvgIpc) is 3.72. The largest absolute Gasteiger partial charge is 0.488 e. The van der Waals surface area contributed by atoms with Gasteiger partial charge in [-0.2, -0.15) is 0 Å². The molecule has 3 N–H and O–H groups in total. The van der Waals surface area contributed by atoms with E-state index in [1.807, 2.05) is 84.9 Å². The van der Waals surface area contributed by atoms with Gasteiger partial charge in [-0.05, 0) is 89.9 Å². The topological polar surface area (TPSA) is 250 Å². The molecule has 0 fully saturated rings. The summed E-state index contributed by atoms with van der Waals surface area (Å²) >= 11 is 45.7. The van der Waals surface area contributed by atoms with Crippen molar-refractivity contribution in [1.82, 2.24) is 49.8 Å². The van der Waals surface area contributed by atoms with Crippen LogP contribution < -0.4 is 5.46 Å². The molecule has 438 valence electrons. The van der Waals surface area contributed by atoms with E-state index in [-0.39, 0.29) is 17.2 Å². The van der Waals surface area contributed by atoms with E-state index in [4.69, 9.17) is 108 Å². The number of ether oxygens (including phenoxy) is 1. The highest BCUT2D eigenvalue weighted by Crippen LogP contribution is 2.25. The lowest BCUT2D eigenvalue weighted by Crippen LogP contribution is -2.29. The number of carbonyl (C=O) groups excluding carboxylic acids is 2. The van der Waals surface area contributed by atoms with Gasteiger partial charge in [0.25, 0.3) is 0 Å². The molecular weight excluding hydrogens is 1280 g/mol. The van der Waals surface area contributed by atoms with Gasteiger partial charge in [-0.25, -0.2) is 59.4 Å². The second kappa shape index (κ2) is 35.3. The van der Waals surface area contributed by atoms with Gasteiger partial charge in [-0.1, -0.05) is 184 Å². The maximum atomic E-state index is 12.3. The number of ketones is 1. The summed E-state index contributed by atoms with van der Waals surface area (Å²) in [6, 6.07) is 53.0. The summed E-state index contributed by atoms with van der Waals surface area (Å²) in [4.78, 5) is 73.4. The molecule has 0 atom stereocenters. The van der Waals surface area contributed by atoms with Gasteiger partial charge in [0.2, 0.25) is 0 Å². The number of benzene rings is 6. The minimum atomic E-state index is -1.43. The van der Waals surface area contributed by atoms with Crippen LogP contribution in [0, 0.1) is 0 Å². The van der Waals surface area contributed by atoms with Gasteiger partial charge in [-0.3, -0.25) is 4.79 Å². The molecule has 11 rings (SSSR count). The molecule has 11 aromatic rings. The Bertz CT molecular complexity index is 4010. The lowest BCUT2D eigenvalue weighted by Gasteiger charge is -2.04. The Morgan fingerprint density at radius 3 is 1.11 bits per heavy atom. The number of aromatic carboxylic acids is 1. The highest BCUT2D eigenvalue weighted by atomic mass is 35.5. The van der Waals surface area contributed by atoms with Gasteiger partial charge in [0.1, 0.15) is 52.8 Å². The molecule has 26 heteroatoms. The van der Waals surface area contributed by atoms with Crippen molar-refractivity contribution in [3.8, 4) is 45.0 Å². The van der Waals surface area contributed by atoms with Crippen LogP contribution in [0.2, 0.25) is 40.6 Å². The number of hydrogen-bond acceptors (Lipinski definition) is 16. The van der Waals surface area contributed by atoms with Crippen molar-refractivity contribution in [1.29, 1.82) is 0 Å². The molecule has 17 nitrogen and oxygen atoms in total. The van der Waals surface area contributed by atoms with E-state index in [0.717, 1.165) is 33.5 Å². The normalized spacial score (nSPS) is 10.0. The molecule has 0 unspecified atom stereocenters. The molecule has 0 aliphatic rings. The first-order chi connectivity index (χ1) is 41.8. The number of Topliss-reactive ketones (excluding diaryl/α,β-unsaturated/α-hetero) is 1. The minimum Gasteiger partial charge on any atom is -0.477 e. The fourth-order valence-electron chi connectivity index (χ4n) is 6.96. The van der Waals surface area contributed by atoms with Crippen molar-refractivity contribution in [2.24, 2.45) is 0 Å². The summed E-state index contributed by atoms with van der Waals surface area (Å²) in [6.45, 7) is 0. The number of methoxy groups -OCH3 is 1. The standard InChI is InChI=1S/C18H13ClN2O.C12H9ClN2O2.C11H7ClN2O2.C10H6Cl2N2.C6H6BClO2.C4H2Cl2N2/c19-15-8-4-7-14(10-15)16-11-17(21-12-20-16)18(22)9-13-5-2-1-3-6-13;1-17-12(16)11-6-10(14-7-15-11)8-3-2-4-9(13)5-8;12-8-3-1-2-7(4-8)9-5-10(11(15)16)14-6-13-9;11-8-3-1-2-7(4-8)9-5-10(12)14-6-13-9;8-6-3-1-2-5(4-6)7(9)10;5-3-1-4(6)8-2-7-3/h1-8,10-12H,9H2;2-7H,1H3;1-6H,(H,15,16);1-6H;1-4,9-10H;1-2H. The Morgan fingerprint density at radius 2 is 0.747 bits per heavy atom. The Kier molecular flexibility index (Phi) is 27.5. The van der Waals surface area contributed by atoms with Gasteiger partial charge < -0.3 is 19.9 Å². The van der Waals surface area contributed by atoms with Crippen LogP contribution in [0.3, 0.4) is 0 Å². The monoisotopic (exact) mass is 1320 g/mol. The van der Waals surface area contributed by atoms with Crippen LogP contribution in [0.5, 0.6) is 0 Å². The lowest BCUT2D eigenvalue weighted by atomic mass is 9.81. The number of nitrogens with zero attached hydrogens (tertiary/aromatic N) is 10. The van der Waals surface area contributed by atoms with E-state index in [2.05, 4.69) is 54.6 Å². The second-order valence-electron chi connectivity index (χ2n) is 17.1. The van der Waals surface area contributed by atoms with Gasteiger partial charge in [0.15, 0.2) is 17.2 Å². The summed E-state index contributed by atoms with van der Waals surface area (Å²) in [5, 5.41) is 30.2. The van der Waals surface area contributed by atoms with E-state index in [0.29, 0.717) is 75.2 Å². The predicted octanol–water partition coefficient (Wildman–Crippen LogP) is 14.6. The molecule has 0 saturated carbocycles. The fourth-order valence-corrected chi connectivity index (χ4v) is 8.42. The van der Waals surface area contributed by atoms with E-state index < -0.39 is 19.1 Å². The number of hydrogen-bond donors (Lipinski definition) is 3. The van der Waals surface area contributed by atoms with Crippen molar-refractivity contribution in [3.05, 3.63) is 277 Å². The predicted molar refractivity (Wildman–Crippen MR) is 341 cm³/mol. The Balaban J connectivity index is 0.000000171. The van der Waals surface area contributed by atoms with Crippen molar-refractivity contribution in [3.63, 3.8) is 0 Å². The summed E-state index contributed by atoms with van der Waals surface area (Å²) < 4.78 is 4.60. The number of aromatic nitrogens is 10. The molecule has 0 aliphatic heterocycles. The molecule has 0 amide bonds. The first-order valence-corrected chi connectivity index (χ1v) is 28.0. The van der Waals surface area contributed by atoms with Gasteiger partial charge in [0, 0.05) is 65.9 Å². The first-order valence-electron chi connectivity index (χ1n) is 24.9. The van der Waals surface area contributed by atoms with Crippen molar-refractivity contribution >= 4 is 123 Å². The summed E-state index contributed by atoms with van der Waals surface area (Å²) in [5.74, 6) is -1.60. The molecule has 6 aromatic carbocycles. The van der Waals surface area contributed by atoms with Gasteiger partial charge >= 0.3 is 19.1 Å². The molecule has 5 aromatic heterocycles. The molecule has 0 aliphatic carbocycles. The zero-order valence-corrected chi connectivity index (χ0v) is 51.0. The zero-order valence-electron chi connectivity index (χ0n) is 45.0. The number of rotatable bonds is 10. The van der Waals surface area contributed by atoms with Crippen LogP contribution >= 0.6 is 92.8 Å². The maximum Gasteiger partial charge on any atom is 0.488 e. The summed E-state index contributed by atoms with van der Waals surface area (Å²) in [5.41, 5.74) is 7.98. The molecule has 0 bridgehead atoms. The third-order valence-corrected chi connectivity index (χ3v) is 12.8. The zero-order chi connectivity index (χ0) is 62.7. The maximum absolute atomic E-state index is 12.3. The summed E-state index contributed by atoms with van der Waals surface area (Å²) in [6.07, 6.45) is 7.02.